The number of aryl methyl sites for hydroxylation is 1. The summed E-state index contributed by atoms with van der Waals surface area (Å²) in [5, 5.41) is 2.20. The predicted molar refractivity (Wildman–Crippen MR) is 229 cm³/mol. The minimum Gasteiger partial charge on any atom is -0.476 e. The topological polar surface area (TPSA) is 38.9 Å². The molecule has 55 heavy (non-hydrogen) atoms. The second kappa shape index (κ2) is 17.0. The fraction of sp³-hybridized carbons (Fsp3) is 0.200. The number of furan rings is 1. The van der Waals surface area contributed by atoms with Crippen LogP contribution in [0.5, 0.6) is 0 Å². The van der Waals surface area contributed by atoms with Crippen LogP contribution in [0.2, 0.25) is 17.3 Å². The molecule has 1 saturated carbocycles. The molecule has 3 aromatic heterocycles. The SMILES string of the molecule is Cc1cc(-c2[c-]cccc2)nc[c]1[Ge]([CH3])([CH3])[CH3].[Ir].[c-]1cc2c(cc1-c1cc(C3CCCCC3)ccn1)oc1c(-c3ccc(-c4ccccc4)cc3)cccc12. The second-order valence-electron chi connectivity index (χ2n) is 15.6. The molecule has 8 aromatic rings. The van der Waals surface area contributed by atoms with Crippen LogP contribution in [0.4, 0.5) is 0 Å². The first-order chi connectivity index (χ1) is 26.3. The number of aromatic nitrogens is 2. The molecule has 0 N–H and O–H groups in total. The molecule has 3 heterocycles. The smallest absolute Gasteiger partial charge is 0.131 e. The van der Waals surface area contributed by atoms with Crippen molar-refractivity contribution in [2.24, 2.45) is 0 Å². The van der Waals surface area contributed by atoms with Crippen LogP contribution < -0.4 is 4.40 Å². The van der Waals surface area contributed by atoms with E-state index in [0.29, 0.717) is 5.92 Å². The summed E-state index contributed by atoms with van der Waals surface area (Å²) >= 11 is -1.77. The number of rotatable bonds is 6. The molecule has 0 unspecified atom stereocenters. The average molecular weight is 956 g/mol. The van der Waals surface area contributed by atoms with Gasteiger partial charge in [-0.25, -0.2) is 0 Å². The van der Waals surface area contributed by atoms with Gasteiger partial charge in [-0.3, -0.25) is 0 Å². The summed E-state index contributed by atoms with van der Waals surface area (Å²) in [7, 11) is 0. The van der Waals surface area contributed by atoms with Gasteiger partial charge in [-0.2, -0.15) is 0 Å². The van der Waals surface area contributed by atoms with Crippen molar-refractivity contribution < 1.29 is 24.5 Å². The van der Waals surface area contributed by atoms with Gasteiger partial charge in [-0.1, -0.05) is 115 Å². The number of hydrogen-bond donors (Lipinski definition) is 0. The molecular weight excluding hydrogens is 909 g/mol. The first-order valence-electron chi connectivity index (χ1n) is 19.3. The van der Waals surface area contributed by atoms with E-state index in [1.165, 1.54) is 58.8 Å². The van der Waals surface area contributed by atoms with E-state index in [9.17, 15) is 0 Å². The van der Waals surface area contributed by atoms with Gasteiger partial charge in [-0.15, -0.1) is 17.7 Å². The maximum Gasteiger partial charge on any atom is 0.131 e. The monoisotopic (exact) mass is 957 g/mol. The Hall–Kier alpha value is -4.61. The molecule has 9 rings (SSSR count). The molecule has 1 fully saturated rings. The number of benzene rings is 5. The molecule has 0 aliphatic heterocycles. The molecule has 0 saturated heterocycles. The summed E-state index contributed by atoms with van der Waals surface area (Å²) in [6, 6.07) is 51.1. The normalized spacial score (nSPS) is 13.2. The molecule has 0 bridgehead atoms. The van der Waals surface area contributed by atoms with Gasteiger partial charge in [0, 0.05) is 31.9 Å². The predicted octanol–water partition coefficient (Wildman–Crippen LogP) is 13.2. The Morgan fingerprint density at radius 3 is 2.11 bits per heavy atom. The molecule has 0 amide bonds. The van der Waals surface area contributed by atoms with E-state index in [4.69, 9.17) is 9.40 Å². The number of hydrogen-bond acceptors (Lipinski definition) is 3. The number of fused-ring (bicyclic) bond motifs is 3. The fourth-order valence-electron chi connectivity index (χ4n) is 7.91. The third kappa shape index (κ3) is 8.63. The zero-order valence-corrected chi connectivity index (χ0v) is 36.5. The molecule has 5 aromatic carbocycles. The molecule has 3 nitrogen and oxygen atoms in total. The van der Waals surface area contributed by atoms with E-state index in [1.807, 2.05) is 30.5 Å². The fourth-order valence-corrected chi connectivity index (χ4v) is 11.5. The van der Waals surface area contributed by atoms with Crippen molar-refractivity contribution in [3.8, 4) is 44.8 Å². The van der Waals surface area contributed by atoms with Crippen molar-refractivity contribution in [3.05, 3.63) is 163 Å². The summed E-state index contributed by atoms with van der Waals surface area (Å²) in [5.41, 5.74) is 13.3. The molecule has 1 aliphatic carbocycles. The summed E-state index contributed by atoms with van der Waals surface area (Å²) in [6.45, 7) is 2.19. The van der Waals surface area contributed by atoms with Crippen molar-refractivity contribution in [3.63, 3.8) is 0 Å². The standard InChI is InChI=1S/C35H28NO.C15H18GeN.Ir/c1-3-8-24(9-4-1)26-14-16-27(17-15-26)30-12-7-13-32-31-19-18-29(23-34(31)37-35(30)32)33-22-28(20-21-36-33)25-10-5-2-6-11-25;1-12-10-15(13-8-6-5-7-9-13)17-11-14(12)16(2,3)4;/h1,3-4,7-9,12-17,19-23,25H,2,5-6,10-11H2;5-8,10-11H,1-4H3;/q2*-1;. The Morgan fingerprint density at radius 1 is 0.655 bits per heavy atom. The van der Waals surface area contributed by atoms with Crippen LogP contribution in [-0.2, 0) is 20.1 Å². The average Bonchev–Trinajstić information content (AvgIpc) is 3.60. The molecule has 277 valence electrons. The largest absolute Gasteiger partial charge is 0.476 e. The maximum absolute atomic E-state index is 6.51. The van der Waals surface area contributed by atoms with Gasteiger partial charge in [0.05, 0.1) is 5.58 Å². The van der Waals surface area contributed by atoms with Crippen molar-refractivity contribution >= 4 is 39.6 Å². The zero-order valence-electron chi connectivity index (χ0n) is 32.0. The van der Waals surface area contributed by atoms with Crippen molar-refractivity contribution in [1.29, 1.82) is 0 Å². The third-order valence-electron chi connectivity index (χ3n) is 10.8. The first kappa shape index (κ1) is 38.7. The van der Waals surface area contributed by atoms with Crippen LogP contribution >= 0.6 is 0 Å². The molecule has 1 radical (unpaired) electrons. The third-order valence-corrected chi connectivity index (χ3v) is 15.3. The van der Waals surface area contributed by atoms with Gasteiger partial charge in [0.25, 0.3) is 0 Å². The summed E-state index contributed by atoms with van der Waals surface area (Å²) in [4.78, 5) is 9.28. The van der Waals surface area contributed by atoms with Crippen molar-refractivity contribution in [2.75, 3.05) is 0 Å². The molecule has 0 spiro atoms. The van der Waals surface area contributed by atoms with Crippen LogP contribution in [0, 0.1) is 19.1 Å². The van der Waals surface area contributed by atoms with E-state index in [1.54, 1.807) is 0 Å². The van der Waals surface area contributed by atoms with Gasteiger partial charge < -0.3 is 9.40 Å². The van der Waals surface area contributed by atoms with E-state index in [2.05, 4.69) is 151 Å². The Kier molecular flexibility index (Phi) is 12.0. The Balaban J connectivity index is 0.000000218. The second-order valence-corrected chi connectivity index (χ2v) is 26.1. The quantitative estimate of drug-likeness (QED) is 0.123. The Morgan fingerprint density at radius 2 is 1.38 bits per heavy atom. The molecule has 5 heteroatoms. The minimum absolute atomic E-state index is 0. The van der Waals surface area contributed by atoms with E-state index in [0.717, 1.165) is 55.6 Å². The van der Waals surface area contributed by atoms with E-state index >= 15 is 0 Å². The van der Waals surface area contributed by atoms with Gasteiger partial charge in [0.2, 0.25) is 0 Å². The molecular formula is C50H46GeIrN2O-2. The van der Waals surface area contributed by atoms with E-state index < -0.39 is 13.3 Å². The van der Waals surface area contributed by atoms with Crippen LogP contribution in [0.15, 0.2) is 144 Å². The van der Waals surface area contributed by atoms with Gasteiger partial charge in [0.15, 0.2) is 0 Å². The minimum atomic E-state index is -1.77. The molecule has 1 aliphatic rings. The van der Waals surface area contributed by atoms with Crippen LogP contribution in [0.1, 0.15) is 49.1 Å². The van der Waals surface area contributed by atoms with Gasteiger partial charge in [0.1, 0.15) is 5.58 Å². The van der Waals surface area contributed by atoms with Crippen molar-refractivity contribution in [2.45, 2.75) is 62.2 Å². The van der Waals surface area contributed by atoms with Crippen LogP contribution in [-0.4, -0.2) is 23.2 Å². The summed E-state index contributed by atoms with van der Waals surface area (Å²) < 4.78 is 8.00. The van der Waals surface area contributed by atoms with E-state index in [-0.39, 0.29) is 20.1 Å². The Bertz CT molecular complexity index is 2520. The zero-order chi connectivity index (χ0) is 37.1. The maximum atomic E-state index is 6.51. The van der Waals surface area contributed by atoms with Gasteiger partial charge in [-0.05, 0) is 52.6 Å². The first-order valence-corrected chi connectivity index (χ1v) is 26.6. The Labute approximate surface area is 342 Å². The summed E-state index contributed by atoms with van der Waals surface area (Å²) in [5.74, 6) is 7.86. The number of para-hydroxylation sites is 1. The van der Waals surface area contributed by atoms with Gasteiger partial charge >= 0.3 is 106 Å². The number of nitrogens with zero attached hydrogens (tertiary/aromatic N) is 2. The number of pyridine rings is 2. The summed E-state index contributed by atoms with van der Waals surface area (Å²) in [6.07, 6.45) is 10.6. The van der Waals surface area contributed by atoms with Crippen molar-refractivity contribution in [1.82, 2.24) is 9.97 Å². The molecule has 0 atom stereocenters. The van der Waals surface area contributed by atoms with Crippen LogP contribution in [0.25, 0.3) is 66.7 Å². The van der Waals surface area contributed by atoms with Crippen LogP contribution in [0.3, 0.4) is 0 Å².